The molecular weight excluding hydrogens is 370 g/mol. The summed E-state index contributed by atoms with van der Waals surface area (Å²) in [5.41, 5.74) is 3.17. The Labute approximate surface area is 156 Å². The molecule has 0 spiro atoms. The fourth-order valence-electron chi connectivity index (χ4n) is 2.27. The van der Waals surface area contributed by atoms with E-state index in [1.54, 1.807) is 41.8 Å². The van der Waals surface area contributed by atoms with Gasteiger partial charge in [0.15, 0.2) is 5.13 Å². The second-order valence-electron chi connectivity index (χ2n) is 5.71. The van der Waals surface area contributed by atoms with Gasteiger partial charge in [-0.15, -0.1) is 11.3 Å². The van der Waals surface area contributed by atoms with E-state index >= 15 is 0 Å². The van der Waals surface area contributed by atoms with E-state index in [0.29, 0.717) is 16.5 Å². The molecule has 1 amide bonds. The van der Waals surface area contributed by atoms with Crippen molar-refractivity contribution in [3.63, 3.8) is 0 Å². The summed E-state index contributed by atoms with van der Waals surface area (Å²) in [5.74, 6) is -0.140. The molecule has 3 aromatic rings. The molecule has 6 nitrogen and oxygen atoms in total. The summed E-state index contributed by atoms with van der Waals surface area (Å²) in [7, 11) is -3.67. The molecule has 134 valence electrons. The van der Waals surface area contributed by atoms with Gasteiger partial charge in [-0.1, -0.05) is 29.8 Å². The molecule has 0 atom stereocenters. The first-order chi connectivity index (χ1) is 12.3. The van der Waals surface area contributed by atoms with Gasteiger partial charge >= 0.3 is 0 Å². The van der Waals surface area contributed by atoms with Gasteiger partial charge in [-0.05, 0) is 31.2 Å². The summed E-state index contributed by atoms with van der Waals surface area (Å²) in [4.78, 5) is 15.6. The lowest BCUT2D eigenvalue weighted by Crippen LogP contribution is -2.12. The molecule has 0 unspecified atom stereocenters. The minimum Gasteiger partial charge on any atom is -0.326 e. The van der Waals surface area contributed by atoms with Gasteiger partial charge in [0.25, 0.3) is 10.0 Å². The molecule has 2 N–H and O–H groups in total. The zero-order valence-corrected chi connectivity index (χ0v) is 15.8. The molecule has 1 heterocycles. The topological polar surface area (TPSA) is 88.2 Å². The molecule has 0 bridgehead atoms. The van der Waals surface area contributed by atoms with E-state index in [1.807, 2.05) is 19.1 Å². The van der Waals surface area contributed by atoms with E-state index in [-0.39, 0.29) is 10.8 Å². The highest BCUT2D eigenvalue weighted by Crippen LogP contribution is 2.27. The summed E-state index contributed by atoms with van der Waals surface area (Å²) in [6, 6.07) is 13.8. The molecule has 0 saturated carbocycles. The molecule has 0 radical (unpaired) electrons. The van der Waals surface area contributed by atoms with E-state index in [4.69, 9.17) is 0 Å². The number of hydrogen-bond acceptors (Lipinski definition) is 5. The van der Waals surface area contributed by atoms with Gasteiger partial charge in [0.05, 0.1) is 10.6 Å². The molecule has 0 saturated heterocycles. The van der Waals surface area contributed by atoms with Crippen LogP contribution in [0.3, 0.4) is 0 Å². The molecule has 0 fully saturated rings. The van der Waals surface area contributed by atoms with Gasteiger partial charge in [0.2, 0.25) is 5.91 Å². The molecule has 0 aliphatic rings. The zero-order valence-electron chi connectivity index (χ0n) is 14.2. The number of rotatable bonds is 5. The van der Waals surface area contributed by atoms with Crippen LogP contribution in [0, 0.1) is 6.92 Å². The minimum absolute atomic E-state index is 0.140. The smallest absolute Gasteiger partial charge is 0.263 e. The van der Waals surface area contributed by atoms with Crippen molar-refractivity contribution >= 4 is 38.1 Å². The third kappa shape index (κ3) is 4.27. The second kappa shape index (κ2) is 7.27. The normalized spacial score (nSPS) is 11.2. The van der Waals surface area contributed by atoms with Crippen molar-refractivity contribution in [2.24, 2.45) is 0 Å². The maximum atomic E-state index is 12.4. The number of thiazole rings is 1. The largest absolute Gasteiger partial charge is 0.326 e. The second-order valence-corrected chi connectivity index (χ2v) is 8.26. The molecule has 26 heavy (non-hydrogen) atoms. The van der Waals surface area contributed by atoms with E-state index in [2.05, 4.69) is 15.0 Å². The van der Waals surface area contributed by atoms with Crippen LogP contribution in [-0.2, 0) is 14.8 Å². The number of anilines is 2. The Bertz CT molecular complexity index is 1020. The highest BCUT2D eigenvalue weighted by Gasteiger charge is 2.16. The summed E-state index contributed by atoms with van der Waals surface area (Å²) in [5, 5.41) is 4.77. The quantitative estimate of drug-likeness (QED) is 0.695. The predicted octanol–water partition coefficient (Wildman–Crippen LogP) is 3.88. The maximum absolute atomic E-state index is 12.4. The van der Waals surface area contributed by atoms with Crippen molar-refractivity contribution in [2.45, 2.75) is 18.7 Å². The highest BCUT2D eigenvalue weighted by atomic mass is 32.2. The number of amides is 1. The maximum Gasteiger partial charge on any atom is 0.263 e. The van der Waals surface area contributed by atoms with Crippen LogP contribution in [0.4, 0.5) is 10.8 Å². The average Bonchev–Trinajstić information content (AvgIpc) is 3.03. The number of aromatic nitrogens is 1. The Morgan fingerprint density at radius 3 is 2.31 bits per heavy atom. The summed E-state index contributed by atoms with van der Waals surface area (Å²) in [6.07, 6.45) is 0. The van der Waals surface area contributed by atoms with Crippen molar-refractivity contribution in [2.75, 3.05) is 10.0 Å². The Kier molecular flexibility index (Phi) is 5.06. The minimum atomic E-state index is -3.67. The van der Waals surface area contributed by atoms with Gasteiger partial charge in [0, 0.05) is 23.6 Å². The van der Waals surface area contributed by atoms with Crippen LogP contribution in [0.25, 0.3) is 11.3 Å². The van der Waals surface area contributed by atoms with Crippen LogP contribution in [0.1, 0.15) is 12.5 Å². The van der Waals surface area contributed by atoms with Crippen LogP contribution >= 0.6 is 11.3 Å². The number of nitrogens with zero attached hydrogens (tertiary/aromatic N) is 1. The number of benzene rings is 2. The number of sulfonamides is 1. The standard InChI is InChI=1S/C18H17N3O3S2/c1-12-3-9-16(10-4-12)26(23,24)21-18-20-17(11-25-18)14-5-7-15(8-6-14)19-13(2)22/h3-11H,1-2H3,(H,19,22)(H,20,21). The van der Waals surface area contributed by atoms with E-state index in [0.717, 1.165) is 11.1 Å². The Hall–Kier alpha value is -2.71. The molecule has 0 aliphatic carbocycles. The number of carbonyl (C=O) groups is 1. The van der Waals surface area contributed by atoms with Crippen molar-refractivity contribution in [1.29, 1.82) is 0 Å². The monoisotopic (exact) mass is 387 g/mol. The fraction of sp³-hybridized carbons (Fsp3) is 0.111. The number of hydrogen-bond donors (Lipinski definition) is 2. The first-order valence-corrected chi connectivity index (χ1v) is 10.1. The van der Waals surface area contributed by atoms with Crippen LogP contribution in [0.15, 0.2) is 58.8 Å². The SMILES string of the molecule is CC(=O)Nc1ccc(-c2csc(NS(=O)(=O)c3ccc(C)cc3)n2)cc1. The lowest BCUT2D eigenvalue weighted by Gasteiger charge is -2.05. The molecule has 0 aliphatic heterocycles. The molecule has 1 aromatic heterocycles. The van der Waals surface area contributed by atoms with Crippen molar-refractivity contribution in [3.05, 3.63) is 59.5 Å². The third-order valence-corrected chi connectivity index (χ3v) is 5.80. The summed E-state index contributed by atoms with van der Waals surface area (Å²) >= 11 is 1.21. The fourth-order valence-corrected chi connectivity index (χ4v) is 4.24. The average molecular weight is 387 g/mol. The first kappa shape index (κ1) is 18.1. The van der Waals surface area contributed by atoms with Crippen LogP contribution < -0.4 is 10.0 Å². The number of carbonyl (C=O) groups excluding carboxylic acids is 1. The van der Waals surface area contributed by atoms with Gasteiger partial charge in [-0.25, -0.2) is 13.4 Å². The van der Waals surface area contributed by atoms with Crippen LogP contribution in [-0.4, -0.2) is 19.3 Å². The van der Waals surface area contributed by atoms with Crippen LogP contribution in [0.2, 0.25) is 0 Å². The summed E-state index contributed by atoms with van der Waals surface area (Å²) in [6.45, 7) is 3.34. The highest BCUT2D eigenvalue weighted by molar-refractivity contribution is 7.93. The van der Waals surface area contributed by atoms with Gasteiger partial charge in [-0.2, -0.15) is 0 Å². The lowest BCUT2D eigenvalue weighted by atomic mass is 10.1. The zero-order chi connectivity index (χ0) is 18.7. The Balaban J connectivity index is 1.77. The lowest BCUT2D eigenvalue weighted by molar-refractivity contribution is -0.114. The molecule has 8 heteroatoms. The van der Waals surface area contributed by atoms with Crippen LogP contribution in [0.5, 0.6) is 0 Å². The van der Waals surface area contributed by atoms with Gasteiger partial charge in [-0.3, -0.25) is 9.52 Å². The number of nitrogens with one attached hydrogen (secondary N) is 2. The van der Waals surface area contributed by atoms with Gasteiger partial charge < -0.3 is 5.32 Å². The van der Waals surface area contributed by atoms with E-state index in [1.165, 1.54) is 18.3 Å². The molecule has 2 aromatic carbocycles. The summed E-state index contributed by atoms with van der Waals surface area (Å²) < 4.78 is 27.3. The van der Waals surface area contributed by atoms with Crippen molar-refractivity contribution in [1.82, 2.24) is 4.98 Å². The Morgan fingerprint density at radius 1 is 1.04 bits per heavy atom. The predicted molar refractivity (Wildman–Crippen MR) is 104 cm³/mol. The number of aryl methyl sites for hydroxylation is 1. The van der Waals surface area contributed by atoms with Crippen molar-refractivity contribution in [3.8, 4) is 11.3 Å². The van der Waals surface area contributed by atoms with E-state index < -0.39 is 10.0 Å². The van der Waals surface area contributed by atoms with Crippen molar-refractivity contribution < 1.29 is 13.2 Å². The Morgan fingerprint density at radius 2 is 1.69 bits per heavy atom. The van der Waals surface area contributed by atoms with E-state index in [9.17, 15) is 13.2 Å². The first-order valence-electron chi connectivity index (χ1n) is 7.76. The molecule has 3 rings (SSSR count). The van der Waals surface area contributed by atoms with Gasteiger partial charge in [0.1, 0.15) is 0 Å². The third-order valence-electron chi connectivity index (χ3n) is 3.56. The molecular formula is C18H17N3O3S2.